The van der Waals surface area contributed by atoms with Crippen LogP contribution in [0.4, 0.5) is 5.69 Å². The lowest BCUT2D eigenvalue weighted by Crippen LogP contribution is -2.30. The van der Waals surface area contributed by atoms with Gasteiger partial charge in [-0.3, -0.25) is 9.59 Å². The summed E-state index contributed by atoms with van der Waals surface area (Å²) in [4.78, 5) is 27.3. The van der Waals surface area contributed by atoms with Gasteiger partial charge in [0, 0.05) is 29.9 Å². The van der Waals surface area contributed by atoms with Gasteiger partial charge in [0.15, 0.2) is 0 Å². The van der Waals surface area contributed by atoms with Gasteiger partial charge in [0.25, 0.3) is 11.8 Å². The van der Waals surface area contributed by atoms with E-state index in [1.165, 1.54) is 0 Å². The van der Waals surface area contributed by atoms with Gasteiger partial charge in [0.2, 0.25) is 0 Å². The summed E-state index contributed by atoms with van der Waals surface area (Å²) >= 11 is 6.34. The highest BCUT2D eigenvalue weighted by Gasteiger charge is 2.18. The van der Waals surface area contributed by atoms with Crippen LogP contribution < -0.4 is 5.32 Å². The van der Waals surface area contributed by atoms with Gasteiger partial charge in [0.1, 0.15) is 0 Å². The van der Waals surface area contributed by atoms with Crippen molar-refractivity contribution in [2.45, 2.75) is 13.8 Å². The van der Waals surface area contributed by atoms with Crippen LogP contribution in [0.15, 0.2) is 66.7 Å². The van der Waals surface area contributed by atoms with Crippen LogP contribution in [0.5, 0.6) is 0 Å². The summed E-state index contributed by atoms with van der Waals surface area (Å²) in [6, 6.07) is 21.3. The molecular weight excluding hydrogens is 410 g/mol. The Hall–Kier alpha value is -3.62. The quantitative estimate of drug-likeness (QED) is 0.551. The smallest absolute Gasteiger partial charge is 0.256 e. The van der Waals surface area contributed by atoms with Crippen molar-refractivity contribution in [1.29, 1.82) is 5.26 Å². The Kier molecular flexibility index (Phi) is 7.07. The first kappa shape index (κ1) is 22.1. The van der Waals surface area contributed by atoms with Gasteiger partial charge in [-0.1, -0.05) is 48.0 Å². The third-order valence-corrected chi connectivity index (χ3v) is 5.33. The highest BCUT2D eigenvalue weighted by molar-refractivity contribution is 6.34. The van der Waals surface area contributed by atoms with Gasteiger partial charge < -0.3 is 10.2 Å². The second-order valence-corrected chi connectivity index (χ2v) is 7.24. The SMILES string of the molecule is CCN(CC)C(=O)c1ccc(NC(=O)c2ccccc2-c2ccccc2C#N)cc1Cl. The van der Waals surface area contributed by atoms with Gasteiger partial charge in [-0.15, -0.1) is 0 Å². The molecule has 0 radical (unpaired) electrons. The number of nitrogens with one attached hydrogen (secondary N) is 1. The Morgan fingerprint density at radius 1 is 0.935 bits per heavy atom. The minimum absolute atomic E-state index is 0.147. The summed E-state index contributed by atoms with van der Waals surface area (Å²) < 4.78 is 0. The number of carbonyl (C=O) groups is 2. The van der Waals surface area contributed by atoms with Crippen LogP contribution in [-0.2, 0) is 0 Å². The van der Waals surface area contributed by atoms with E-state index in [0.717, 1.165) is 0 Å². The highest BCUT2D eigenvalue weighted by Crippen LogP contribution is 2.28. The first-order valence-corrected chi connectivity index (χ1v) is 10.4. The summed E-state index contributed by atoms with van der Waals surface area (Å²) in [7, 11) is 0. The van der Waals surface area contributed by atoms with E-state index in [4.69, 9.17) is 11.6 Å². The van der Waals surface area contributed by atoms with Crippen LogP contribution in [0, 0.1) is 11.3 Å². The number of nitriles is 1. The molecular formula is C25H22ClN3O2. The van der Waals surface area contributed by atoms with Crippen molar-refractivity contribution in [3.8, 4) is 17.2 Å². The van der Waals surface area contributed by atoms with E-state index in [0.29, 0.717) is 46.6 Å². The number of anilines is 1. The molecule has 6 heteroatoms. The fourth-order valence-electron chi connectivity index (χ4n) is 3.38. The highest BCUT2D eigenvalue weighted by atomic mass is 35.5. The van der Waals surface area contributed by atoms with Crippen LogP contribution in [-0.4, -0.2) is 29.8 Å². The Morgan fingerprint density at radius 3 is 2.23 bits per heavy atom. The maximum Gasteiger partial charge on any atom is 0.256 e. The minimum Gasteiger partial charge on any atom is -0.339 e. The molecule has 0 spiro atoms. The molecule has 3 aromatic carbocycles. The topological polar surface area (TPSA) is 73.2 Å². The number of carbonyl (C=O) groups excluding carboxylic acids is 2. The maximum absolute atomic E-state index is 13.0. The first-order chi connectivity index (χ1) is 15.0. The average Bonchev–Trinajstić information content (AvgIpc) is 2.79. The number of hydrogen-bond donors (Lipinski definition) is 1. The average molecular weight is 432 g/mol. The van der Waals surface area contributed by atoms with Crippen molar-refractivity contribution >= 4 is 29.1 Å². The van der Waals surface area contributed by atoms with Crippen LogP contribution >= 0.6 is 11.6 Å². The molecule has 0 aliphatic carbocycles. The zero-order valence-corrected chi connectivity index (χ0v) is 18.1. The number of amides is 2. The van der Waals surface area contributed by atoms with Gasteiger partial charge in [-0.2, -0.15) is 5.26 Å². The predicted molar refractivity (Wildman–Crippen MR) is 123 cm³/mol. The van der Waals surface area contributed by atoms with Crippen molar-refractivity contribution < 1.29 is 9.59 Å². The van der Waals surface area contributed by atoms with Gasteiger partial charge in [-0.25, -0.2) is 0 Å². The lowest BCUT2D eigenvalue weighted by atomic mass is 9.95. The molecule has 3 aromatic rings. The molecule has 0 fully saturated rings. The van der Waals surface area contributed by atoms with Crippen LogP contribution in [0.1, 0.15) is 40.1 Å². The van der Waals surface area contributed by atoms with Crippen molar-refractivity contribution in [3.05, 3.63) is 88.4 Å². The van der Waals surface area contributed by atoms with E-state index in [-0.39, 0.29) is 16.8 Å². The number of halogens is 1. The fraction of sp³-hybridized carbons (Fsp3) is 0.160. The molecule has 0 bridgehead atoms. The fourth-order valence-corrected chi connectivity index (χ4v) is 3.64. The molecule has 0 aliphatic rings. The van der Waals surface area contributed by atoms with E-state index < -0.39 is 0 Å². The zero-order valence-electron chi connectivity index (χ0n) is 17.4. The van der Waals surface area contributed by atoms with Crippen molar-refractivity contribution in [1.82, 2.24) is 4.90 Å². The van der Waals surface area contributed by atoms with E-state index in [1.54, 1.807) is 47.4 Å². The predicted octanol–water partition coefficient (Wildman–Crippen LogP) is 5.61. The Bertz CT molecular complexity index is 1160. The number of benzene rings is 3. The second-order valence-electron chi connectivity index (χ2n) is 6.83. The third-order valence-electron chi connectivity index (χ3n) is 5.02. The standard InChI is InChI=1S/C25H22ClN3O2/c1-3-29(4-2)25(31)22-14-13-18(15-23(22)26)28-24(30)21-12-8-7-11-20(21)19-10-6-5-9-17(19)16-27/h5-15H,3-4H2,1-2H3,(H,28,30). The van der Waals surface area contributed by atoms with Crippen LogP contribution in [0.2, 0.25) is 5.02 Å². The summed E-state index contributed by atoms with van der Waals surface area (Å²) in [6.07, 6.45) is 0. The monoisotopic (exact) mass is 431 g/mol. The summed E-state index contributed by atoms with van der Waals surface area (Å²) in [5.41, 5.74) is 3.15. The molecule has 156 valence electrons. The van der Waals surface area contributed by atoms with Crippen molar-refractivity contribution in [3.63, 3.8) is 0 Å². The van der Waals surface area contributed by atoms with E-state index in [2.05, 4.69) is 11.4 Å². The number of nitrogens with zero attached hydrogens (tertiary/aromatic N) is 2. The van der Waals surface area contributed by atoms with E-state index >= 15 is 0 Å². The number of rotatable bonds is 6. The molecule has 31 heavy (non-hydrogen) atoms. The molecule has 0 aliphatic heterocycles. The van der Waals surface area contributed by atoms with Crippen LogP contribution in [0.25, 0.3) is 11.1 Å². The maximum atomic E-state index is 13.0. The van der Waals surface area contributed by atoms with Gasteiger partial charge in [-0.05, 0) is 49.7 Å². The van der Waals surface area contributed by atoms with E-state index in [9.17, 15) is 14.9 Å². The molecule has 0 saturated carbocycles. The third kappa shape index (κ3) is 4.76. The lowest BCUT2D eigenvalue weighted by Gasteiger charge is -2.19. The van der Waals surface area contributed by atoms with Crippen molar-refractivity contribution in [2.75, 3.05) is 18.4 Å². The Labute approximate surface area is 186 Å². The summed E-state index contributed by atoms with van der Waals surface area (Å²) in [6.45, 7) is 4.99. The lowest BCUT2D eigenvalue weighted by molar-refractivity contribution is 0.0773. The van der Waals surface area contributed by atoms with Gasteiger partial charge >= 0.3 is 0 Å². The molecule has 1 N–H and O–H groups in total. The molecule has 2 amide bonds. The molecule has 0 atom stereocenters. The molecule has 0 aromatic heterocycles. The largest absolute Gasteiger partial charge is 0.339 e. The molecule has 3 rings (SSSR count). The molecule has 0 heterocycles. The first-order valence-electron chi connectivity index (χ1n) is 9.98. The Balaban J connectivity index is 1.89. The van der Waals surface area contributed by atoms with Gasteiger partial charge in [0.05, 0.1) is 22.2 Å². The summed E-state index contributed by atoms with van der Waals surface area (Å²) in [5.74, 6) is -0.478. The second kappa shape index (κ2) is 9.92. The zero-order chi connectivity index (χ0) is 22.4. The van der Waals surface area contributed by atoms with E-state index in [1.807, 2.05) is 38.1 Å². The normalized spacial score (nSPS) is 10.3. The molecule has 0 saturated heterocycles. The Morgan fingerprint density at radius 2 is 1.58 bits per heavy atom. The molecule has 0 unspecified atom stereocenters. The number of hydrogen-bond acceptors (Lipinski definition) is 3. The summed E-state index contributed by atoms with van der Waals surface area (Å²) in [5, 5.41) is 12.5. The minimum atomic E-state index is -0.331. The van der Waals surface area contributed by atoms with Crippen molar-refractivity contribution in [2.24, 2.45) is 0 Å². The molecule has 5 nitrogen and oxygen atoms in total. The van der Waals surface area contributed by atoms with Crippen LogP contribution in [0.3, 0.4) is 0 Å².